The first kappa shape index (κ1) is 20.5. The highest BCUT2D eigenvalue weighted by molar-refractivity contribution is 5.91. The molecule has 9 heteroatoms. The number of alkyl halides is 3. The van der Waals surface area contributed by atoms with Crippen molar-refractivity contribution in [1.29, 1.82) is 0 Å². The number of carbonyl (C=O) groups excluding carboxylic acids is 2. The number of carbonyl (C=O) groups is 3. The highest BCUT2D eigenvalue weighted by Crippen LogP contribution is 2.32. The van der Waals surface area contributed by atoms with Crippen LogP contribution in [0.4, 0.5) is 13.2 Å². The van der Waals surface area contributed by atoms with E-state index in [1.165, 1.54) is 13.0 Å². The molecule has 0 aromatic heterocycles. The van der Waals surface area contributed by atoms with Crippen LogP contribution in [0.5, 0.6) is 0 Å². The summed E-state index contributed by atoms with van der Waals surface area (Å²) in [5, 5.41) is 10.9. The van der Waals surface area contributed by atoms with Gasteiger partial charge in [-0.3, -0.25) is 14.4 Å². The number of primary amides is 1. The zero-order valence-electron chi connectivity index (χ0n) is 13.5. The molecule has 0 radical (unpaired) electrons. The van der Waals surface area contributed by atoms with E-state index in [0.29, 0.717) is 0 Å². The van der Waals surface area contributed by atoms with Gasteiger partial charge in [-0.05, 0) is 37.5 Å². The number of halogens is 3. The third-order valence-corrected chi connectivity index (χ3v) is 3.69. The van der Waals surface area contributed by atoms with Crippen LogP contribution in [0, 0.1) is 0 Å². The average Bonchev–Trinajstić information content (AvgIpc) is 2.50. The lowest BCUT2D eigenvalue weighted by Crippen LogP contribution is -2.52. The number of hydrogen-bond acceptors (Lipinski definition) is 3. The fourth-order valence-corrected chi connectivity index (χ4v) is 2.19. The van der Waals surface area contributed by atoms with E-state index in [1.54, 1.807) is 0 Å². The van der Waals surface area contributed by atoms with Crippen LogP contribution in [0.15, 0.2) is 24.3 Å². The Bertz CT molecular complexity index is 661. The zero-order valence-corrected chi connectivity index (χ0v) is 13.5. The lowest BCUT2D eigenvalue weighted by atomic mass is 9.89. The van der Waals surface area contributed by atoms with Gasteiger partial charge < -0.3 is 16.2 Å². The molecule has 0 bridgehead atoms. The Balaban J connectivity index is 2.92. The summed E-state index contributed by atoms with van der Waals surface area (Å²) in [4.78, 5) is 34.2. The number of benzene rings is 1. The van der Waals surface area contributed by atoms with Crippen LogP contribution in [-0.2, 0) is 26.1 Å². The van der Waals surface area contributed by atoms with Crippen LogP contribution in [0.25, 0.3) is 0 Å². The molecule has 1 atom stereocenters. The van der Waals surface area contributed by atoms with Crippen molar-refractivity contribution in [2.75, 3.05) is 0 Å². The van der Waals surface area contributed by atoms with E-state index in [4.69, 9.17) is 10.8 Å². The fourth-order valence-electron chi connectivity index (χ4n) is 2.19. The van der Waals surface area contributed by atoms with Crippen LogP contribution in [0.3, 0.4) is 0 Å². The van der Waals surface area contributed by atoms with Crippen LogP contribution >= 0.6 is 0 Å². The van der Waals surface area contributed by atoms with Gasteiger partial charge in [0, 0.05) is 12.8 Å². The summed E-state index contributed by atoms with van der Waals surface area (Å²) in [5.41, 5.74) is 2.42. The van der Waals surface area contributed by atoms with Crippen molar-refractivity contribution in [2.45, 2.75) is 44.3 Å². The number of nitrogens with two attached hydrogens (primary N) is 1. The van der Waals surface area contributed by atoms with Gasteiger partial charge in [0.1, 0.15) is 5.54 Å². The normalized spacial score (nSPS) is 13.8. The summed E-state index contributed by atoms with van der Waals surface area (Å²) in [6, 6.07) is 4.00. The number of carboxylic acids is 1. The van der Waals surface area contributed by atoms with Crippen LogP contribution in [-0.4, -0.2) is 22.9 Å². The fraction of sp³-hybridized carbons (Fsp3) is 0.438. The molecule has 2 amide bonds. The van der Waals surface area contributed by atoms with Gasteiger partial charge in [-0.15, -0.1) is 0 Å². The van der Waals surface area contributed by atoms with Crippen LogP contribution < -0.4 is 11.1 Å². The van der Waals surface area contributed by atoms with E-state index in [2.05, 4.69) is 5.32 Å². The molecule has 0 aliphatic heterocycles. The van der Waals surface area contributed by atoms with Gasteiger partial charge in [-0.25, -0.2) is 0 Å². The molecule has 0 aliphatic carbocycles. The van der Waals surface area contributed by atoms with E-state index in [9.17, 15) is 27.6 Å². The summed E-state index contributed by atoms with van der Waals surface area (Å²) in [7, 11) is 0. The molecule has 1 aromatic rings. The molecule has 1 unspecified atom stereocenters. The van der Waals surface area contributed by atoms with Crippen molar-refractivity contribution in [3.05, 3.63) is 35.4 Å². The number of carboxylic acid groups (broad SMARTS) is 1. The topological polar surface area (TPSA) is 109 Å². The number of aliphatic carboxylic acids is 1. The highest BCUT2D eigenvalue weighted by Gasteiger charge is 2.37. The molecule has 4 N–H and O–H groups in total. The van der Waals surface area contributed by atoms with E-state index in [1.807, 2.05) is 0 Å². The summed E-state index contributed by atoms with van der Waals surface area (Å²) in [6.45, 7) is 1.22. The molecule has 0 saturated heterocycles. The maximum atomic E-state index is 12.8. The van der Waals surface area contributed by atoms with Crippen molar-refractivity contribution in [3.63, 3.8) is 0 Å². The van der Waals surface area contributed by atoms with E-state index in [-0.39, 0.29) is 31.2 Å². The van der Waals surface area contributed by atoms with Gasteiger partial charge in [-0.1, -0.05) is 12.1 Å². The van der Waals surface area contributed by atoms with Gasteiger partial charge in [0.15, 0.2) is 0 Å². The minimum atomic E-state index is -4.60. The largest absolute Gasteiger partial charge is 0.481 e. The number of amides is 2. The Kier molecular flexibility index (Phi) is 6.55. The quantitative estimate of drug-likeness (QED) is 0.617. The molecular formula is C16H19F3N2O4. The first-order valence-corrected chi connectivity index (χ1v) is 7.47. The molecule has 1 aromatic carbocycles. The molecule has 0 spiro atoms. The summed E-state index contributed by atoms with van der Waals surface area (Å²) >= 11 is 0. The van der Waals surface area contributed by atoms with Crippen molar-refractivity contribution in [2.24, 2.45) is 5.73 Å². The van der Waals surface area contributed by atoms with Crippen molar-refractivity contribution >= 4 is 17.8 Å². The molecule has 0 aliphatic rings. The molecule has 0 fully saturated rings. The Hall–Kier alpha value is -2.58. The molecule has 0 heterocycles. The average molecular weight is 360 g/mol. The van der Waals surface area contributed by atoms with Gasteiger partial charge in [-0.2, -0.15) is 13.2 Å². The lowest BCUT2D eigenvalue weighted by molar-refractivity contribution is -0.138. The first-order chi connectivity index (χ1) is 11.5. The predicted octanol–water partition coefficient (Wildman–Crippen LogP) is 2.17. The summed E-state index contributed by atoms with van der Waals surface area (Å²) in [6.07, 6.45) is -4.26. The Morgan fingerprint density at radius 2 is 1.68 bits per heavy atom. The molecular weight excluding hydrogens is 341 g/mol. The smallest absolute Gasteiger partial charge is 0.416 e. The molecule has 1 rings (SSSR count). The van der Waals surface area contributed by atoms with Crippen molar-refractivity contribution in [1.82, 2.24) is 5.32 Å². The molecule has 25 heavy (non-hydrogen) atoms. The number of hydrogen-bond donors (Lipinski definition) is 3. The van der Waals surface area contributed by atoms with Crippen molar-refractivity contribution < 1.29 is 32.7 Å². The van der Waals surface area contributed by atoms with Crippen LogP contribution in [0.2, 0.25) is 0 Å². The molecule has 0 saturated carbocycles. The second-order valence-corrected chi connectivity index (χ2v) is 5.72. The van der Waals surface area contributed by atoms with Gasteiger partial charge in [0.25, 0.3) is 0 Å². The van der Waals surface area contributed by atoms with Crippen molar-refractivity contribution in [3.8, 4) is 0 Å². The number of rotatable bonds is 8. The number of unbranched alkanes of at least 4 members (excludes halogenated alkanes) is 1. The molecule has 6 nitrogen and oxygen atoms in total. The van der Waals surface area contributed by atoms with Gasteiger partial charge >= 0.3 is 12.1 Å². The number of nitrogens with one attached hydrogen (secondary N) is 1. The third kappa shape index (κ3) is 5.77. The Morgan fingerprint density at radius 3 is 2.20 bits per heavy atom. The highest BCUT2D eigenvalue weighted by atomic mass is 19.4. The standard InChI is InChI=1S/C16H19F3N2O4/c1-15(14(20)25,21-12(22)7-2-3-8-13(23)24)10-5-4-6-11(9-10)16(17,18)19/h4-6,9H,2-3,7-8H2,1H3,(H2,20,25)(H,21,22)(H,23,24). The second-order valence-electron chi connectivity index (χ2n) is 5.72. The van der Waals surface area contributed by atoms with E-state index in [0.717, 1.165) is 18.2 Å². The van der Waals surface area contributed by atoms with E-state index < -0.39 is 35.1 Å². The SMILES string of the molecule is CC(NC(=O)CCCCC(=O)O)(C(N)=O)c1cccc(C(F)(F)F)c1. The zero-order chi connectivity index (χ0) is 19.3. The lowest BCUT2D eigenvalue weighted by Gasteiger charge is -2.28. The Labute approximate surface area is 142 Å². The minimum absolute atomic E-state index is 0.0743. The summed E-state index contributed by atoms with van der Waals surface area (Å²) < 4.78 is 38.5. The van der Waals surface area contributed by atoms with Crippen LogP contribution in [0.1, 0.15) is 43.7 Å². The minimum Gasteiger partial charge on any atom is -0.481 e. The Morgan fingerprint density at radius 1 is 1.12 bits per heavy atom. The summed E-state index contributed by atoms with van der Waals surface area (Å²) in [5.74, 6) is -2.61. The monoisotopic (exact) mass is 360 g/mol. The van der Waals surface area contributed by atoms with Gasteiger partial charge in [0.05, 0.1) is 5.56 Å². The predicted molar refractivity (Wildman–Crippen MR) is 82.2 cm³/mol. The molecule has 138 valence electrons. The second kappa shape index (κ2) is 8.00. The first-order valence-electron chi connectivity index (χ1n) is 7.47. The maximum Gasteiger partial charge on any atom is 0.416 e. The van der Waals surface area contributed by atoms with E-state index >= 15 is 0 Å². The van der Waals surface area contributed by atoms with Gasteiger partial charge in [0.2, 0.25) is 11.8 Å². The maximum absolute atomic E-state index is 12.8. The third-order valence-electron chi connectivity index (χ3n) is 3.69.